The van der Waals surface area contributed by atoms with Crippen LogP contribution in [0.2, 0.25) is 0 Å². The molecule has 0 radical (unpaired) electrons. The van der Waals surface area contributed by atoms with Gasteiger partial charge in [0.15, 0.2) is 0 Å². The van der Waals surface area contributed by atoms with Crippen molar-refractivity contribution in [2.75, 3.05) is 11.9 Å². The SMILES string of the molecule is O=C(Nc1ccccc1)N1CCCC1CC(O)c1ccccc1. The van der Waals surface area contributed by atoms with Gasteiger partial charge in [0.2, 0.25) is 0 Å². The van der Waals surface area contributed by atoms with E-state index in [4.69, 9.17) is 0 Å². The van der Waals surface area contributed by atoms with Gasteiger partial charge in [0.05, 0.1) is 6.10 Å². The van der Waals surface area contributed by atoms with Gasteiger partial charge in [-0.1, -0.05) is 48.5 Å². The largest absolute Gasteiger partial charge is 0.388 e. The van der Waals surface area contributed by atoms with Crippen molar-refractivity contribution in [3.8, 4) is 0 Å². The van der Waals surface area contributed by atoms with Crippen LogP contribution in [0.25, 0.3) is 0 Å². The van der Waals surface area contributed by atoms with Crippen molar-refractivity contribution in [1.82, 2.24) is 4.90 Å². The van der Waals surface area contributed by atoms with E-state index in [0.29, 0.717) is 6.42 Å². The number of likely N-dealkylation sites (tertiary alicyclic amines) is 1. The highest BCUT2D eigenvalue weighted by atomic mass is 16.3. The van der Waals surface area contributed by atoms with Crippen LogP contribution in [0.4, 0.5) is 10.5 Å². The van der Waals surface area contributed by atoms with E-state index in [1.807, 2.05) is 65.6 Å². The fraction of sp³-hybridized carbons (Fsp3) is 0.316. The van der Waals surface area contributed by atoms with Crippen molar-refractivity contribution in [1.29, 1.82) is 0 Å². The number of nitrogens with zero attached hydrogens (tertiary/aromatic N) is 1. The lowest BCUT2D eigenvalue weighted by Gasteiger charge is -2.27. The molecule has 2 N–H and O–H groups in total. The summed E-state index contributed by atoms with van der Waals surface area (Å²) in [6, 6.07) is 19.1. The first kappa shape index (κ1) is 15.6. The van der Waals surface area contributed by atoms with Gasteiger partial charge in [-0.2, -0.15) is 0 Å². The second-order valence-corrected chi connectivity index (χ2v) is 5.95. The normalized spacial score (nSPS) is 18.7. The van der Waals surface area contributed by atoms with E-state index in [-0.39, 0.29) is 12.1 Å². The molecule has 2 aromatic rings. The minimum atomic E-state index is -0.536. The average molecular weight is 310 g/mol. The van der Waals surface area contributed by atoms with Crippen molar-refractivity contribution >= 4 is 11.7 Å². The summed E-state index contributed by atoms with van der Waals surface area (Å²) in [6.45, 7) is 0.741. The van der Waals surface area contributed by atoms with Crippen LogP contribution in [0.3, 0.4) is 0 Å². The highest BCUT2D eigenvalue weighted by molar-refractivity contribution is 5.89. The first-order valence-electron chi connectivity index (χ1n) is 8.10. The van der Waals surface area contributed by atoms with Gasteiger partial charge in [0.1, 0.15) is 0 Å². The van der Waals surface area contributed by atoms with E-state index >= 15 is 0 Å². The molecular weight excluding hydrogens is 288 g/mol. The van der Waals surface area contributed by atoms with Gasteiger partial charge in [0, 0.05) is 18.3 Å². The molecule has 2 amide bonds. The summed E-state index contributed by atoms with van der Waals surface area (Å²) in [7, 11) is 0. The maximum Gasteiger partial charge on any atom is 0.322 e. The third-order valence-electron chi connectivity index (χ3n) is 4.34. The van der Waals surface area contributed by atoms with Crippen LogP contribution in [-0.4, -0.2) is 28.6 Å². The molecular formula is C19H22N2O2. The third kappa shape index (κ3) is 3.90. The molecule has 0 spiro atoms. The van der Waals surface area contributed by atoms with Gasteiger partial charge in [-0.05, 0) is 37.0 Å². The Balaban J connectivity index is 1.62. The number of carbonyl (C=O) groups is 1. The van der Waals surface area contributed by atoms with E-state index < -0.39 is 6.10 Å². The van der Waals surface area contributed by atoms with Gasteiger partial charge < -0.3 is 15.3 Å². The number of anilines is 1. The van der Waals surface area contributed by atoms with Crippen molar-refractivity contribution in [3.05, 3.63) is 66.2 Å². The topological polar surface area (TPSA) is 52.6 Å². The second kappa shape index (κ2) is 7.29. The minimum absolute atomic E-state index is 0.0777. The van der Waals surface area contributed by atoms with Crippen LogP contribution >= 0.6 is 0 Å². The molecule has 0 saturated carbocycles. The zero-order valence-electron chi connectivity index (χ0n) is 13.1. The summed E-state index contributed by atoms with van der Waals surface area (Å²) >= 11 is 0. The molecule has 0 aromatic heterocycles. The lowest BCUT2D eigenvalue weighted by molar-refractivity contribution is 0.130. The van der Waals surface area contributed by atoms with Crippen LogP contribution in [0.5, 0.6) is 0 Å². The Morgan fingerprint density at radius 3 is 2.48 bits per heavy atom. The Kier molecular flexibility index (Phi) is 4.93. The average Bonchev–Trinajstić information content (AvgIpc) is 3.05. The molecule has 3 rings (SSSR count). The molecule has 0 aliphatic carbocycles. The summed E-state index contributed by atoms with van der Waals surface area (Å²) < 4.78 is 0. The third-order valence-corrected chi connectivity index (χ3v) is 4.34. The lowest BCUT2D eigenvalue weighted by atomic mass is 10.0. The highest BCUT2D eigenvalue weighted by Gasteiger charge is 2.30. The smallest absolute Gasteiger partial charge is 0.322 e. The van der Waals surface area contributed by atoms with Gasteiger partial charge in [-0.25, -0.2) is 4.79 Å². The van der Waals surface area contributed by atoms with E-state index in [1.54, 1.807) is 0 Å². The summed E-state index contributed by atoms with van der Waals surface area (Å²) in [6.07, 6.45) is 1.96. The van der Waals surface area contributed by atoms with Crippen LogP contribution in [0.15, 0.2) is 60.7 Å². The number of aliphatic hydroxyl groups is 1. The standard InChI is InChI=1S/C19H22N2O2/c22-18(15-8-3-1-4-9-15)14-17-12-7-13-21(17)19(23)20-16-10-5-2-6-11-16/h1-6,8-11,17-18,22H,7,12-14H2,(H,20,23). The minimum Gasteiger partial charge on any atom is -0.388 e. The van der Waals surface area contributed by atoms with Crippen LogP contribution in [0, 0.1) is 0 Å². The number of benzene rings is 2. The van der Waals surface area contributed by atoms with E-state index in [0.717, 1.165) is 30.6 Å². The number of hydrogen-bond acceptors (Lipinski definition) is 2. The Morgan fingerprint density at radius 1 is 1.13 bits per heavy atom. The molecule has 1 aliphatic rings. The van der Waals surface area contributed by atoms with E-state index in [2.05, 4.69) is 5.32 Å². The number of aliphatic hydroxyl groups excluding tert-OH is 1. The zero-order chi connectivity index (χ0) is 16.1. The number of para-hydroxylation sites is 1. The van der Waals surface area contributed by atoms with E-state index in [9.17, 15) is 9.90 Å². The summed E-state index contributed by atoms with van der Waals surface area (Å²) in [5, 5.41) is 13.3. The second-order valence-electron chi connectivity index (χ2n) is 5.95. The first-order valence-corrected chi connectivity index (χ1v) is 8.10. The summed E-state index contributed by atoms with van der Waals surface area (Å²) in [4.78, 5) is 14.3. The summed E-state index contributed by atoms with van der Waals surface area (Å²) in [5.41, 5.74) is 1.70. The fourth-order valence-corrected chi connectivity index (χ4v) is 3.13. The van der Waals surface area contributed by atoms with E-state index in [1.165, 1.54) is 0 Å². The highest BCUT2D eigenvalue weighted by Crippen LogP contribution is 2.27. The molecule has 2 unspecified atom stereocenters. The fourth-order valence-electron chi connectivity index (χ4n) is 3.13. The number of carbonyl (C=O) groups excluding carboxylic acids is 1. The van der Waals surface area contributed by atoms with Crippen molar-refractivity contribution in [3.63, 3.8) is 0 Å². The predicted molar refractivity (Wildman–Crippen MR) is 91.2 cm³/mol. The van der Waals surface area contributed by atoms with Crippen molar-refractivity contribution in [2.24, 2.45) is 0 Å². The van der Waals surface area contributed by atoms with Gasteiger partial charge in [-0.15, -0.1) is 0 Å². The monoisotopic (exact) mass is 310 g/mol. The molecule has 1 heterocycles. The molecule has 1 fully saturated rings. The Bertz CT molecular complexity index is 630. The van der Waals surface area contributed by atoms with Gasteiger partial charge >= 0.3 is 6.03 Å². The lowest BCUT2D eigenvalue weighted by Crippen LogP contribution is -2.39. The maximum absolute atomic E-state index is 12.5. The molecule has 23 heavy (non-hydrogen) atoms. The quantitative estimate of drug-likeness (QED) is 0.902. The van der Waals surface area contributed by atoms with Crippen LogP contribution < -0.4 is 5.32 Å². The molecule has 2 atom stereocenters. The van der Waals surface area contributed by atoms with Crippen molar-refractivity contribution in [2.45, 2.75) is 31.4 Å². The Hall–Kier alpha value is -2.33. The van der Waals surface area contributed by atoms with Gasteiger partial charge in [-0.3, -0.25) is 0 Å². The zero-order valence-corrected chi connectivity index (χ0v) is 13.1. The number of rotatable bonds is 4. The molecule has 1 aliphatic heterocycles. The molecule has 4 nitrogen and oxygen atoms in total. The summed E-state index contributed by atoms with van der Waals surface area (Å²) in [5.74, 6) is 0. The molecule has 120 valence electrons. The van der Waals surface area contributed by atoms with Crippen LogP contribution in [-0.2, 0) is 0 Å². The molecule has 0 bridgehead atoms. The molecule has 2 aromatic carbocycles. The molecule has 4 heteroatoms. The Labute approximate surface area is 136 Å². The maximum atomic E-state index is 12.5. The number of nitrogens with one attached hydrogen (secondary N) is 1. The number of urea groups is 1. The first-order chi connectivity index (χ1) is 11.2. The van der Waals surface area contributed by atoms with Crippen LogP contribution in [0.1, 0.15) is 30.9 Å². The number of amides is 2. The van der Waals surface area contributed by atoms with Crippen molar-refractivity contribution < 1.29 is 9.90 Å². The predicted octanol–water partition coefficient (Wildman–Crippen LogP) is 3.81. The molecule has 1 saturated heterocycles. The Morgan fingerprint density at radius 2 is 1.78 bits per heavy atom. The number of hydrogen-bond donors (Lipinski definition) is 2. The van der Waals surface area contributed by atoms with Gasteiger partial charge in [0.25, 0.3) is 0 Å².